The lowest BCUT2D eigenvalue weighted by molar-refractivity contribution is -0.141. The summed E-state index contributed by atoms with van der Waals surface area (Å²) in [5.41, 5.74) is -2.27. The largest absolute Gasteiger partial charge is 0.410 e. The molecule has 1 atom stereocenters. The number of nitrogens with zero attached hydrogens (tertiary/aromatic N) is 1. The average Bonchev–Trinajstić information content (AvgIpc) is 3.11. The van der Waals surface area contributed by atoms with Crippen molar-refractivity contribution in [1.29, 1.82) is 0 Å². The molecule has 1 aliphatic heterocycles. The first-order chi connectivity index (χ1) is 15.2. The molecule has 0 saturated carbocycles. The Morgan fingerprint density at radius 2 is 1.27 bits per heavy atom. The Hall–Kier alpha value is -2.52. The van der Waals surface area contributed by atoms with Crippen LogP contribution in [-0.4, -0.2) is 38.8 Å². The standard InChI is InChI=1S/C24H29NO6S2/c1-17(2)24(22(26)31-21(25-24)23(3,4)5)16-20(32(27,28)18-12-8-6-9-13-18)33(29,30)19-14-10-7-11-15-19/h6-15,17,20H,16H2,1-5H3/t24-/m0/s1. The van der Waals surface area contributed by atoms with Crippen LogP contribution >= 0.6 is 0 Å². The van der Waals surface area contributed by atoms with Gasteiger partial charge >= 0.3 is 5.97 Å². The van der Waals surface area contributed by atoms with Gasteiger partial charge in [0.2, 0.25) is 0 Å². The Morgan fingerprint density at radius 3 is 1.61 bits per heavy atom. The third kappa shape index (κ3) is 4.61. The monoisotopic (exact) mass is 491 g/mol. The first-order valence-electron chi connectivity index (χ1n) is 10.6. The molecular weight excluding hydrogens is 462 g/mol. The van der Waals surface area contributed by atoms with Crippen LogP contribution in [0.5, 0.6) is 0 Å². The van der Waals surface area contributed by atoms with Crippen molar-refractivity contribution >= 4 is 31.5 Å². The predicted molar refractivity (Wildman–Crippen MR) is 126 cm³/mol. The van der Waals surface area contributed by atoms with Gasteiger partial charge in [-0.05, 0) is 30.2 Å². The number of esters is 1. The van der Waals surface area contributed by atoms with Crippen LogP contribution in [0.3, 0.4) is 0 Å². The molecule has 0 radical (unpaired) electrons. The van der Waals surface area contributed by atoms with Crippen molar-refractivity contribution in [2.24, 2.45) is 16.3 Å². The molecule has 0 spiro atoms. The minimum absolute atomic E-state index is 0.139. The Balaban J connectivity index is 2.24. The maximum atomic E-state index is 13.7. The van der Waals surface area contributed by atoms with E-state index in [9.17, 15) is 21.6 Å². The van der Waals surface area contributed by atoms with Gasteiger partial charge in [-0.1, -0.05) is 71.0 Å². The summed E-state index contributed by atoms with van der Waals surface area (Å²) in [6, 6.07) is 14.8. The van der Waals surface area contributed by atoms with E-state index >= 15 is 0 Å². The van der Waals surface area contributed by atoms with Crippen molar-refractivity contribution in [3.63, 3.8) is 0 Å². The van der Waals surface area contributed by atoms with Crippen molar-refractivity contribution in [3.8, 4) is 0 Å². The van der Waals surface area contributed by atoms with E-state index in [0.29, 0.717) is 0 Å². The topological polar surface area (TPSA) is 107 Å². The summed E-state index contributed by atoms with van der Waals surface area (Å²) < 4.78 is 58.4. The summed E-state index contributed by atoms with van der Waals surface area (Å²) in [6.45, 7) is 8.85. The predicted octanol–water partition coefficient (Wildman–Crippen LogP) is 4.05. The van der Waals surface area contributed by atoms with Gasteiger partial charge < -0.3 is 4.74 Å². The fraction of sp³-hybridized carbons (Fsp3) is 0.417. The molecular formula is C24H29NO6S2. The van der Waals surface area contributed by atoms with E-state index in [0.717, 1.165) is 0 Å². The number of carbonyl (C=O) groups excluding carboxylic acids is 1. The van der Waals surface area contributed by atoms with Crippen molar-refractivity contribution in [2.45, 2.75) is 61.0 Å². The molecule has 0 amide bonds. The van der Waals surface area contributed by atoms with Crippen molar-refractivity contribution in [2.75, 3.05) is 0 Å². The van der Waals surface area contributed by atoms with E-state index in [1.165, 1.54) is 48.5 Å². The molecule has 3 rings (SSSR count). The first-order valence-corrected chi connectivity index (χ1v) is 13.7. The Kier molecular flexibility index (Phi) is 6.61. The second kappa shape index (κ2) is 8.68. The van der Waals surface area contributed by atoms with Gasteiger partial charge in [-0.3, -0.25) is 0 Å². The Labute approximate surface area is 195 Å². The molecule has 1 heterocycles. The summed E-state index contributed by atoms with van der Waals surface area (Å²) in [5.74, 6) is -1.09. The average molecular weight is 492 g/mol. The second-order valence-corrected chi connectivity index (χ2v) is 14.0. The summed E-state index contributed by atoms with van der Waals surface area (Å²) in [6.07, 6.45) is -0.558. The molecule has 0 bridgehead atoms. The summed E-state index contributed by atoms with van der Waals surface area (Å²) in [4.78, 5) is 17.4. The molecule has 2 aromatic carbocycles. The van der Waals surface area contributed by atoms with E-state index in [-0.39, 0.29) is 15.7 Å². The molecule has 0 fully saturated rings. The number of aliphatic imine (C=N–C) groups is 1. The third-order valence-corrected chi connectivity index (χ3v) is 10.9. The summed E-state index contributed by atoms with van der Waals surface area (Å²) in [5, 5.41) is 0. The number of sulfone groups is 2. The van der Waals surface area contributed by atoms with Crippen molar-refractivity contribution < 1.29 is 26.4 Å². The highest BCUT2D eigenvalue weighted by molar-refractivity contribution is 8.09. The van der Waals surface area contributed by atoms with Gasteiger partial charge in [-0.25, -0.2) is 26.6 Å². The Morgan fingerprint density at radius 1 is 0.848 bits per heavy atom. The molecule has 1 aliphatic rings. The maximum absolute atomic E-state index is 13.7. The third-order valence-electron chi connectivity index (χ3n) is 5.75. The van der Waals surface area contributed by atoms with Crippen LogP contribution in [0.2, 0.25) is 0 Å². The lowest BCUT2D eigenvalue weighted by Crippen LogP contribution is -2.46. The van der Waals surface area contributed by atoms with Crippen LogP contribution in [-0.2, 0) is 29.2 Å². The first kappa shape index (κ1) is 25.1. The summed E-state index contributed by atoms with van der Waals surface area (Å²) >= 11 is 0. The highest BCUT2D eigenvalue weighted by atomic mass is 32.3. The van der Waals surface area contributed by atoms with Crippen LogP contribution in [0.25, 0.3) is 0 Å². The lowest BCUT2D eigenvalue weighted by atomic mass is 9.84. The van der Waals surface area contributed by atoms with E-state index in [2.05, 4.69) is 4.99 Å². The molecule has 7 nitrogen and oxygen atoms in total. The van der Waals surface area contributed by atoms with Gasteiger partial charge in [0.15, 0.2) is 35.7 Å². The van der Waals surface area contributed by atoms with Gasteiger partial charge in [-0.15, -0.1) is 0 Å². The van der Waals surface area contributed by atoms with Crippen LogP contribution < -0.4 is 0 Å². The number of cyclic esters (lactones) is 1. The van der Waals surface area contributed by atoms with Crippen molar-refractivity contribution in [3.05, 3.63) is 60.7 Å². The van der Waals surface area contributed by atoms with E-state index in [4.69, 9.17) is 4.74 Å². The maximum Gasteiger partial charge on any atom is 0.340 e. The minimum Gasteiger partial charge on any atom is -0.410 e. The molecule has 0 unspecified atom stereocenters. The molecule has 0 aromatic heterocycles. The molecule has 9 heteroatoms. The molecule has 0 N–H and O–H groups in total. The SMILES string of the molecule is CC(C)[C@]1(CC(S(=O)(=O)c2ccccc2)S(=O)(=O)c2ccccc2)N=C(C(C)(C)C)OC1=O. The second-order valence-electron chi connectivity index (χ2n) is 9.49. The molecule has 33 heavy (non-hydrogen) atoms. The summed E-state index contributed by atoms with van der Waals surface area (Å²) in [7, 11) is -8.81. The van der Waals surface area contributed by atoms with Crippen LogP contribution in [0.4, 0.5) is 0 Å². The van der Waals surface area contributed by atoms with Crippen LogP contribution in [0, 0.1) is 11.3 Å². The number of hydrogen-bond donors (Lipinski definition) is 0. The smallest absolute Gasteiger partial charge is 0.340 e. The Bertz CT molecular complexity index is 1190. The van der Waals surface area contributed by atoms with Gasteiger partial charge in [0.1, 0.15) is 0 Å². The van der Waals surface area contributed by atoms with E-state index < -0.39 is 53.5 Å². The number of hydrogen-bond acceptors (Lipinski definition) is 7. The van der Waals surface area contributed by atoms with Crippen molar-refractivity contribution in [1.82, 2.24) is 0 Å². The van der Waals surface area contributed by atoms with Crippen LogP contribution in [0.15, 0.2) is 75.4 Å². The molecule has 178 valence electrons. The van der Waals surface area contributed by atoms with Crippen LogP contribution in [0.1, 0.15) is 41.0 Å². The van der Waals surface area contributed by atoms with E-state index in [1.54, 1.807) is 26.0 Å². The lowest BCUT2D eigenvalue weighted by Gasteiger charge is -2.30. The fourth-order valence-corrected chi connectivity index (χ4v) is 8.27. The number of ether oxygens (including phenoxy) is 1. The van der Waals surface area contributed by atoms with E-state index in [1.807, 2.05) is 20.8 Å². The van der Waals surface area contributed by atoms with Gasteiger partial charge in [0.25, 0.3) is 0 Å². The van der Waals surface area contributed by atoms with Gasteiger partial charge in [-0.2, -0.15) is 0 Å². The molecule has 2 aromatic rings. The zero-order chi connectivity index (χ0) is 24.7. The quantitative estimate of drug-likeness (QED) is 0.541. The molecule has 0 saturated heterocycles. The normalized spacial score (nSPS) is 19.6. The number of rotatable bonds is 7. The minimum atomic E-state index is -4.41. The van der Waals surface area contributed by atoms with Gasteiger partial charge in [0.05, 0.1) is 9.79 Å². The highest BCUT2D eigenvalue weighted by Gasteiger charge is 2.56. The number of carbonyl (C=O) groups is 1. The number of benzene rings is 2. The fourth-order valence-electron chi connectivity index (χ4n) is 3.64. The zero-order valence-electron chi connectivity index (χ0n) is 19.3. The van der Waals surface area contributed by atoms with Gasteiger partial charge in [0, 0.05) is 11.8 Å². The highest BCUT2D eigenvalue weighted by Crippen LogP contribution is 2.41. The molecule has 0 aliphatic carbocycles. The zero-order valence-corrected chi connectivity index (χ0v) is 21.0.